The van der Waals surface area contributed by atoms with Crippen LogP contribution in [0.15, 0.2) is 48.5 Å². The van der Waals surface area contributed by atoms with Crippen molar-refractivity contribution in [1.29, 1.82) is 0 Å². The summed E-state index contributed by atoms with van der Waals surface area (Å²) in [6, 6.07) is 15.8. The zero-order chi connectivity index (χ0) is 20.4. The van der Waals surface area contributed by atoms with Gasteiger partial charge in [0.2, 0.25) is 5.78 Å². The van der Waals surface area contributed by atoms with Crippen molar-refractivity contribution < 1.29 is 14.4 Å². The molecule has 0 aromatic heterocycles. The average Bonchev–Trinajstić information content (AvgIpc) is 3.17. The van der Waals surface area contributed by atoms with Crippen LogP contribution < -0.4 is 11.1 Å². The van der Waals surface area contributed by atoms with Gasteiger partial charge in [0.25, 0.3) is 11.8 Å². The van der Waals surface area contributed by atoms with Crippen molar-refractivity contribution in [2.24, 2.45) is 11.7 Å². The Bertz CT molecular complexity index is 934. The van der Waals surface area contributed by atoms with Gasteiger partial charge in [0, 0.05) is 30.9 Å². The van der Waals surface area contributed by atoms with Gasteiger partial charge in [0.15, 0.2) is 0 Å². The maximum atomic E-state index is 13.0. The number of fused-ring (bicyclic) bond motifs is 1. The van der Waals surface area contributed by atoms with Crippen molar-refractivity contribution in [3.8, 4) is 0 Å². The molecule has 2 amide bonds. The van der Waals surface area contributed by atoms with E-state index in [2.05, 4.69) is 29.6 Å². The highest BCUT2D eigenvalue weighted by atomic mass is 16.2. The topological polar surface area (TPSA) is 92.5 Å². The molecule has 1 saturated heterocycles. The van der Waals surface area contributed by atoms with Gasteiger partial charge in [-0.15, -0.1) is 0 Å². The lowest BCUT2D eigenvalue weighted by atomic mass is 9.89. The normalized spacial score (nSPS) is 18.8. The number of hydrogen-bond acceptors (Lipinski definition) is 4. The van der Waals surface area contributed by atoms with Crippen LogP contribution >= 0.6 is 0 Å². The van der Waals surface area contributed by atoms with Gasteiger partial charge in [0.05, 0.1) is 5.92 Å². The zero-order valence-corrected chi connectivity index (χ0v) is 16.3. The van der Waals surface area contributed by atoms with E-state index in [0.29, 0.717) is 23.6 Å². The second-order valence-electron chi connectivity index (χ2n) is 7.89. The van der Waals surface area contributed by atoms with E-state index in [-0.39, 0.29) is 5.91 Å². The number of ketones is 1. The minimum Gasteiger partial charge on any atom is -0.384 e. The van der Waals surface area contributed by atoms with Crippen LogP contribution in [0.1, 0.15) is 40.2 Å². The Hall–Kier alpha value is -3.15. The van der Waals surface area contributed by atoms with Gasteiger partial charge in [-0.3, -0.25) is 14.4 Å². The van der Waals surface area contributed by atoms with Gasteiger partial charge in [-0.25, -0.2) is 0 Å². The van der Waals surface area contributed by atoms with E-state index in [4.69, 9.17) is 5.73 Å². The highest BCUT2D eigenvalue weighted by Gasteiger charge is 2.32. The fraction of sp³-hybridized carbons (Fsp3) is 0.348. The highest BCUT2D eigenvalue weighted by molar-refractivity contribution is 6.38. The summed E-state index contributed by atoms with van der Waals surface area (Å²) in [5.74, 6) is -1.62. The molecule has 2 aromatic rings. The van der Waals surface area contributed by atoms with Crippen LogP contribution in [-0.4, -0.2) is 42.1 Å². The van der Waals surface area contributed by atoms with E-state index in [0.717, 1.165) is 38.0 Å². The lowest BCUT2D eigenvalue weighted by Crippen LogP contribution is -2.39. The minimum atomic E-state index is -0.943. The Labute approximate surface area is 170 Å². The molecule has 6 heteroatoms. The smallest absolute Gasteiger partial charge is 0.285 e. The number of nitrogens with two attached hydrogens (primary N) is 1. The molecular formula is C23H25N3O3. The van der Waals surface area contributed by atoms with E-state index in [1.165, 1.54) is 5.56 Å². The van der Waals surface area contributed by atoms with Gasteiger partial charge >= 0.3 is 0 Å². The summed E-state index contributed by atoms with van der Waals surface area (Å²) >= 11 is 0. The van der Waals surface area contributed by atoms with Crippen LogP contribution in [-0.2, 0) is 16.0 Å². The molecule has 0 bridgehead atoms. The molecule has 2 aliphatic heterocycles. The molecule has 2 heterocycles. The first-order valence-electron chi connectivity index (χ1n) is 10.1. The number of carbonyl (C=O) groups excluding carboxylic acids is 3. The van der Waals surface area contributed by atoms with E-state index in [1.807, 2.05) is 11.0 Å². The molecule has 0 saturated carbocycles. The van der Waals surface area contributed by atoms with Gasteiger partial charge in [-0.2, -0.15) is 0 Å². The molecule has 150 valence electrons. The van der Waals surface area contributed by atoms with Crippen LogP contribution in [0.25, 0.3) is 0 Å². The molecule has 2 aromatic carbocycles. The Kier molecular flexibility index (Phi) is 5.34. The SMILES string of the molecule is NC(=O)C(=O)C1CNc2ccc(C(=O)N3CCC(Cc4ccccc4)CC3)cc21. The molecule has 0 radical (unpaired) electrons. The van der Waals surface area contributed by atoms with Gasteiger partial charge in [0.1, 0.15) is 0 Å². The van der Waals surface area contributed by atoms with E-state index in [9.17, 15) is 14.4 Å². The third-order valence-electron chi connectivity index (χ3n) is 6.00. The summed E-state index contributed by atoms with van der Waals surface area (Å²) < 4.78 is 0. The molecule has 2 aliphatic rings. The largest absolute Gasteiger partial charge is 0.384 e. The molecule has 29 heavy (non-hydrogen) atoms. The number of Topliss-reactive ketones (excluding diaryl/α,β-unsaturated/α-hetero) is 1. The van der Waals surface area contributed by atoms with Crippen molar-refractivity contribution in [3.05, 3.63) is 65.2 Å². The second-order valence-corrected chi connectivity index (χ2v) is 7.89. The summed E-state index contributed by atoms with van der Waals surface area (Å²) in [4.78, 5) is 38.2. The van der Waals surface area contributed by atoms with Crippen LogP contribution in [0, 0.1) is 5.92 Å². The summed E-state index contributed by atoms with van der Waals surface area (Å²) in [7, 11) is 0. The fourth-order valence-corrected chi connectivity index (χ4v) is 4.34. The van der Waals surface area contributed by atoms with Gasteiger partial charge in [-0.1, -0.05) is 30.3 Å². The fourth-order valence-electron chi connectivity index (χ4n) is 4.34. The minimum absolute atomic E-state index is 0.0249. The first kappa shape index (κ1) is 19.2. The number of nitrogens with one attached hydrogen (secondary N) is 1. The van der Waals surface area contributed by atoms with Crippen molar-refractivity contribution in [2.75, 3.05) is 25.0 Å². The van der Waals surface area contributed by atoms with E-state index < -0.39 is 17.6 Å². The quantitative estimate of drug-likeness (QED) is 0.765. The third-order valence-corrected chi connectivity index (χ3v) is 6.00. The second kappa shape index (κ2) is 8.07. The van der Waals surface area contributed by atoms with E-state index >= 15 is 0 Å². The van der Waals surface area contributed by atoms with Crippen molar-refractivity contribution >= 4 is 23.3 Å². The standard InChI is InChI=1S/C23H25N3O3/c24-22(28)21(27)19-14-25-20-7-6-17(13-18(19)20)23(29)26-10-8-16(9-11-26)12-15-4-2-1-3-5-15/h1-7,13,16,19,25H,8-12,14H2,(H2,24,28). The summed E-state index contributed by atoms with van der Waals surface area (Å²) in [5.41, 5.74) is 8.52. The maximum Gasteiger partial charge on any atom is 0.285 e. The Balaban J connectivity index is 1.41. The van der Waals surface area contributed by atoms with Gasteiger partial charge in [-0.05, 0) is 54.5 Å². The third kappa shape index (κ3) is 4.01. The number of carbonyl (C=O) groups is 3. The predicted octanol–water partition coefficient (Wildman–Crippen LogP) is 2.34. The number of nitrogens with zero attached hydrogens (tertiary/aromatic N) is 1. The van der Waals surface area contributed by atoms with Crippen LogP contribution in [0.2, 0.25) is 0 Å². The lowest BCUT2D eigenvalue weighted by Gasteiger charge is -2.32. The zero-order valence-electron chi connectivity index (χ0n) is 16.3. The number of piperidine rings is 1. The molecule has 4 rings (SSSR count). The molecular weight excluding hydrogens is 366 g/mol. The van der Waals surface area contributed by atoms with Crippen molar-refractivity contribution in [1.82, 2.24) is 4.90 Å². The number of likely N-dealkylation sites (tertiary alicyclic amines) is 1. The average molecular weight is 391 g/mol. The highest BCUT2D eigenvalue weighted by Crippen LogP contribution is 2.33. The lowest BCUT2D eigenvalue weighted by molar-refractivity contribution is -0.136. The Morgan fingerprint density at radius 3 is 2.45 bits per heavy atom. The summed E-state index contributed by atoms with van der Waals surface area (Å²) in [6.45, 7) is 1.80. The predicted molar refractivity (Wildman–Crippen MR) is 111 cm³/mol. The molecule has 1 fully saturated rings. The molecule has 1 unspecified atom stereocenters. The number of benzene rings is 2. The number of hydrogen-bond donors (Lipinski definition) is 2. The molecule has 1 atom stereocenters. The monoisotopic (exact) mass is 391 g/mol. The van der Waals surface area contributed by atoms with E-state index in [1.54, 1.807) is 18.2 Å². The Morgan fingerprint density at radius 2 is 1.76 bits per heavy atom. The maximum absolute atomic E-state index is 13.0. The number of anilines is 1. The van der Waals surface area contributed by atoms with Gasteiger partial charge < -0.3 is 16.0 Å². The summed E-state index contributed by atoms with van der Waals surface area (Å²) in [6.07, 6.45) is 3.01. The Morgan fingerprint density at radius 1 is 1.03 bits per heavy atom. The molecule has 3 N–H and O–H groups in total. The number of primary amides is 1. The molecule has 0 aliphatic carbocycles. The van der Waals surface area contributed by atoms with Crippen LogP contribution in [0.3, 0.4) is 0 Å². The van der Waals surface area contributed by atoms with Crippen LogP contribution in [0.5, 0.6) is 0 Å². The first-order valence-corrected chi connectivity index (χ1v) is 10.1. The van der Waals surface area contributed by atoms with Crippen molar-refractivity contribution in [3.63, 3.8) is 0 Å². The number of rotatable bonds is 5. The molecule has 6 nitrogen and oxygen atoms in total. The number of amides is 2. The molecule has 0 spiro atoms. The first-order chi connectivity index (χ1) is 14.0. The van der Waals surface area contributed by atoms with Crippen LogP contribution in [0.4, 0.5) is 5.69 Å². The van der Waals surface area contributed by atoms with Crippen molar-refractivity contribution in [2.45, 2.75) is 25.2 Å². The summed E-state index contributed by atoms with van der Waals surface area (Å²) in [5, 5.41) is 3.11.